The summed E-state index contributed by atoms with van der Waals surface area (Å²) in [6, 6.07) is 5.07. The number of ether oxygens (including phenoxy) is 1. The topological polar surface area (TPSA) is 47.0 Å². The molecule has 1 N–H and O–H groups in total. The van der Waals surface area contributed by atoms with Crippen LogP contribution >= 0.6 is 0 Å². The van der Waals surface area contributed by atoms with Crippen molar-refractivity contribution in [3.8, 4) is 5.88 Å². The molecular formula is C15H18FN3O. The van der Waals surface area contributed by atoms with Gasteiger partial charge in [-0.25, -0.2) is 9.37 Å². The summed E-state index contributed by atoms with van der Waals surface area (Å²) >= 11 is 0. The molecule has 0 bridgehead atoms. The Morgan fingerprint density at radius 2 is 2.05 bits per heavy atom. The van der Waals surface area contributed by atoms with Gasteiger partial charge in [0.05, 0.1) is 24.0 Å². The summed E-state index contributed by atoms with van der Waals surface area (Å²) in [6.07, 6.45) is 4.54. The van der Waals surface area contributed by atoms with Gasteiger partial charge >= 0.3 is 0 Å². The number of hydrogen-bond donors (Lipinski definition) is 1. The smallest absolute Gasteiger partial charge is 0.237 e. The summed E-state index contributed by atoms with van der Waals surface area (Å²) in [5, 5.41) is 3.27. The van der Waals surface area contributed by atoms with Crippen LogP contribution < -0.4 is 10.1 Å². The van der Waals surface area contributed by atoms with Gasteiger partial charge in [-0.1, -0.05) is 0 Å². The summed E-state index contributed by atoms with van der Waals surface area (Å²) in [5.74, 6) is 0.194. The van der Waals surface area contributed by atoms with Gasteiger partial charge in [0.1, 0.15) is 5.82 Å². The summed E-state index contributed by atoms with van der Waals surface area (Å²) in [7, 11) is 0. The average Bonchev–Trinajstić information content (AvgIpc) is 2.40. The zero-order valence-electron chi connectivity index (χ0n) is 11.8. The minimum Gasteiger partial charge on any atom is -0.473 e. The van der Waals surface area contributed by atoms with Crippen molar-refractivity contribution in [2.75, 3.05) is 5.32 Å². The quantitative estimate of drug-likeness (QED) is 0.906. The third kappa shape index (κ3) is 3.66. The highest BCUT2D eigenvalue weighted by molar-refractivity contribution is 5.53. The molecule has 0 aliphatic rings. The van der Waals surface area contributed by atoms with Crippen molar-refractivity contribution in [1.82, 2.24) is 9.97 Å². The van der Waals surface area contributed by atoms with E-state index in [9.17, 15) is 4.39 Å². The van der Waals surface area contributed by atoms with Crippen LogP contribution in [0.3, 0.4) is 0 Å². The van der Waals surface area contributed by atoms with E-state index < -0.39 is 0 Å². The second-order valence-electron chi connectivity index (χ2n) is 4.83. The van der Waals surface area contributed by atoms with Crippen LogP contribution in [0.5, 0.6) is 5.88 Å². The number of hydrogen-bond acceptors (Lipinski definition) is 4. The third-order valence-corrected chi connectivity index (χ3v) is 2.72. The van der Waals surface area contributed by atoms with Gasteiger partial charge in [-0.15, -0.1) is 0 Å². The van der Waals surface area contributed by atoms with Crippen LogP contribution in [0, 0.1) is 5.82 Å². The summed E-state index contributed by atoms with van der Waals surface area (Å²) in [4.78, 5) is 8.06. The Morgan fingerprint density at radius 3 is 2.75 bits per heavy atom. The van der Waals surface area contributed by atoms with Gasteiger partial charge in [0.15, 0.2) is 0 Å². The maximum Gasteiger partial charge on any atom is 0.237 e. The van der Waals surface area contributed by atoms with E-state index in [0.717, 1.165) is 11.3 Å². The summed E-state index contributed by atoms with van der Waals surface area (Å²) in [6.45, 7) is 5.82. The predicted molar refractivity (Wildman–Crippen MR) is 76.2 cm³/mol. The van der Waals surface area contributed by atoms with Crippen molar-refractivity contribution in [2.45, 2.75) is 32.9 Å². The maximum absolute atomic E-state index is 13.2. The molecule has 2 aromatic rings. The molecule has 0 saturated heterocycles. The fourth-order valence-electron chi connectivity index (χ4n) is 1.80. The zero-order chi connectivity index (χ0) is 14.5. The molecule has 2 aromatic heterocycles. The highest BCUT2D eigenvalue weighted by Crippen LogP contribution is 2.26. The molecule has 1 unspecified atom stereocenters. The molecular weight excluding hydrogens is 257 g/mol. The van der Waals surface area contributed by atoms with Crippen LogP contribution in [0.1, 0.15) is 32.4 Å². The Labute approximate surface area is 118 Å². The van der Waals surface area contributed by atoms with Crippen LogP contribution in [-0.4, -0.2) is 16.1 Å². The van der Waals surface area contributed by atoms with Gasteiger partial charge < -0.3 is 10.1 Å². The van der Waals surface area contributed by atoms with E-state index in [2.05, 4.69) is 15.3 Å². The van der Waals surface area contributed by atoms with E-state index >= 15 is 0 Å². The first kappa shape index (κ1) is 14.2. The number of nitrogens with one attached hydrogen (secondary N) is 1. The molecule has 4 nitrogen and oxygen atoms in total. The number of rotatable bonds is 5. The van der Waals surface area contributed by atoms with E-state index in [1.807, 2.05) is 32.9 Å². The first-order valence-corrected chi connectivity index (χ1v) is 6.55. The predicted octanol–water partition coefficient (Wildman–Crippen LogP) is 3.58. The molecule has 106 valence electrons. The lowest BCUT2D eigenvalue weighted by Crippen LogP contribution is -2.12. The van der Waals surface area contributed by atoms with E-state index in [1.54, 1.807) is 12.4 Å². The SMILES string of the molecule is CC(C)Oc1ncccc1NC(C)c1cncc(F)c1. The molecule has 0 aliphatic carbocycles. The Balaban J connectivity index is 2.17. The minimum atomic E-state index is -0.346. The maximum atomic E-state index is 13.2. The van der Waals surface area contributed by atoms with Crippen molar-refractivity contribution in [3.05, 3.63) is 48.2 Å². The number of pyridine rings is 2. The van der Waals surface area contributed by atoms with Gasteiger partial charge in [0, 0.05) is 12.4 Å². The van der Waals surface area contributed by atoms with Crippen LogP contribution in [0.2, 0.25) is 0 Å². The second kappa shape index (κ2) is 6.32. The molecule has 0 aliphatic heterocycles. The van der Waals surface area contributed by atoms with Crippen LogP contribution in [0.15, 0.2) is 36.8 Å². The first-order chi connectivity index (χ1) is 9.56. The summed E-state index contributed by atoms with van der Waals surface area (Å²) < 4.78 is 18.8. The summed E-state index contributed by atoms with van der Waals surface area (Å²) in [5.41, 5.74) is 1.54. The Hall–Kier alpha value is -2.17. The van der Waals surface area contributed by atoms with Gasteiger partial charge in [0.25, 0.3) is 0 Å². The van der Waals surface area contributed by atoms with Crippen LogP contribution in [-0.2, 0) is 0 Å². The standard InChI is InChI=1S/C15H18FN3O/c1-10(2)20-15-14(5-4-6-18-15)19-11(3)12-7-13(16)9-17-8-12/h4-11,19H,1-3H3. The van der Waals surface area contributed by atoms with Crippen LogP contribution in [0.25, 0.3) is 0 Å². The van der Waals surface area contributed by atoms with Gasteiger partial charge in [-0.05, 0) is 44.5 Å². The first-order valence-electron chi connectivity index (χ1n) is 6.55. The zero-order valence-corrected chi connectivity index (χ0v) is 11.8. The average molecular weight is 275 g/mol. The number of anilines is 1. The van der Waals surface area contributed by atoms with Crippen molar-refractivity contribution >= 4 is 5.69 Å². The fourth-order valence-corrected chi connectivity index (χ4v) is 1.80. The molecule has 5 heteroatoms. The lowest BCUT2D eigenvalue weighted by Gasteiger charge is -2.18. The molecule has 0 saturated carbocycles. The van der Waals surface area contributed by atoms with Crippen molar-refractivity contribution in [1.29, 1.82) is 0 Å². The molecule has 0 amide bonds. The molecule has 0 radical (unpaired) electrons. The van der Waals surface area contributed by atoms with E-state index in [4.69, 9.17) is 4.74 Å². The van der Waals surface area contributed by atoms with E-state index in [0.29, 0.717) is 5.88 Å². The molecule has 0 fully saturated rings. The van der Waals surface area contributed by atoms with Gasteiger partial charge in [-0.3, -0.25) is 4.98 Å². The number of aromatic nitrogens is 2. The molecule has 1 atom stereocenters. The molecule has 0 aromatic carbocycles. The van der Waals surface area contributed by atoms with Gasteiger partial charge in [0.2, 0.25) is 5.88 Å². The van der Waals surface area contributed by atoms with Crippen molar-refractivity contribution in [2.24, 2.45) is 0 Å². The Bertz CT molecular complexity index is 575. The molecule has 20 heavy (non-hydrogen) atoms. The van der Waals surface area contributed by atoms with E-state index in [-0.39, 0.29) is 18.0 Å². The monoisotopic (exact) mass is 275 g/mol. The van der Waals surface area contributed by atoms with Crippen LogP contribution in [0.4, 0.5) is 10.1 Å². The fraction of sp³-hybridized carbons (Fsp3) is 0.333. The highest BCUT2D eigenvalue weighted by atomic mass is 19.1. The minimum absolute atomic E-state index is 0.0385. The second-order valence-corrected chi connectivity index (χ2v) is 4.83. The van der Waals surface area contributed by atoms with Gasteiger partial charge in [-0.2, -0.15) is 0 Å². The van der Waals surface area contributed by atoms with E-state index in [1.165, 1.54) is 12.3 Å². The Morgan fingerprint density at radius 1 is 1.25 bits per heavy atom. The highest BCUT2D eigenvalue weighted by Gasteiger charge is 2.11. The number of nitrogens with zero attached hydrogens (tertiary/aromatic N) is 2. The lowest BCUT2D eigenvalue weighted by atomic mass is 10.1. The Kier molecular flexibility index (Phi) is 4.50. The lowest BCUT2D eigenvalue weighted by molar-refractivity contribution is 0.234. The normalized spacial score (nSPS) is 12.2. The molecule has 2 heterocycles. The number of halogens is 1. The molecule has 0 spiro atoms. The molecule has 2 rings (SSSR count). The van der Waals surface area contributed by atoms with Crippen molar-refractivity contribution < 1.29 is 9.13 Å². The van der Waals surface area contributed by atoms with Crippen molar-refractivity contribution in [3.63, 3.8) is 0 Å². The largest absolute Gasteiger partial charge is 0.473 e. The third-order valence-electron chi connectivity index (χ3n) is 2.72.